The van der Waals surface area contributed by atoms with E-state index in [0.717, 1.165) is 32.5 Å². The van der Waals surface area contributed by atoms with Gasteiger partial charge in [-0.3, -0.25) is 4.90 Å². The quantitative estimate of drug-likeness (QED) is 0.927. The monoisotopic (exact) mass is 303 g/mol. The summed E-state index contributed by atoms with van der Waals surface area (Å²) in [6, 6.07) is 2.20. The molecule has 1 aromatic heterocycles. The zero-order chi connectivity index (χ0) is 11.5. The Morgan fingerprint density at radius 1 is 1.56 bits per heavy atom. The van der Waals surface area contributed by atoms with E-state index in [1.54, 1.807) is 11.3 Å². The molecule has 1 aliphatic rings. The van der Waals surface area contributed by atoms with E-state index >= 15 is 0 Å². The van der Waals surface area contributed by atoms with Gasteiger partial charge in [0, 0.05) is 6.54 Å². The summed E-state index contributed by atoms with van der Waals surface area (Å²) in [5.41, 5.74) is 1.40. The molecule has 2 heterocycles. The molecular formula is C12H18BrNOS. The zero-order valence-electron chi connectivity index (χ0n) is 9.53. The molecule has 2 rings (SSSR count). The highest BCUT2D eigenvalue weighted by molar-refractivity contribution is 9.11. The number of rotatable bonds is 3. The Kier molecular flexibility index (Phi) is 4.41. The molecule has 1 saturated heterocycles. The number of hydrogen-bond donors (Lipinski definition) is 1. The van der Waals surface area contributed by atoms with Crippen molar-refractivity contribution in [3.8, 4) is 0 Å². The first-order valence-corrected chi connectivity index (χ1v) is 7.46. The molecule has 0 amide bonds. The molecule has 1 aliphatic heterocycles. The Labute approximate surface area is 109 Å². The summed E-state index contributed by atoms with van der Waals surface area (Å²) >= 11 is 5.24. The lowest BCUT2D eigenvalue weighted by Gasteiger charge is -2.33. The van der Waals surface area contributed by atoms with Crippen molar-refractivity contribution in [2.75, 3.05) is 13.1 Å². The minimum atomic E-state index is -0.141. The standard InChI is InChI=1S/C12H18BrNOS/c1-9(15)11-2-4-14(5-3-11)7-10-6-12(13)16-8-10/h6,8-9,11,15H,2-5,7H2,1H3. The van der Waals surface area contributed by atoms with Gasteiger partial charge in [0.05, 0.1) is 9.89 Å². The van der Waals surface area contributed by atoms with Crippen LogP contribution in [0.25, 0.3) is 0 Å². The van der Waals surface area contributed by atoms with E-state index in [9.17, 15) is 5.11 Å². The maximum atomic E-state index is 9.53. The number of aliphatic hydroxyl groups is 1. The van der Waals surface area contributed by atoms with Crippen LogP contribution in [0, 0.1) is 5.92 Å². The molecule has 1 atom stereocenters. The molecule has 0 saturated carbocycles. The van der Waals surface area contributed by atoms with Crippen molar-refractivity contribution >= 4 is 27.3 Å². The van der Waals surface area contributed by atoms with Crippen molar-refractivity contribution in [3.05, 3.63) is 20.8 Å². The third kappa shape index (κ3) is 3.29. The molecule has 1 unspecified atom stereocenters. The Morgan fingerprint density at radius 3 is 2.75 bits per heavy atom. The average Bonchev–Trinajstić information content (AvgIpc) is 2.65. The number of halogens is 1. The highest BCUT2D eigenvalue weighted by Gasteiger charge is 2.22. The molecule has 0 radical (unpaired) electrons. The van der Waals surface area contributed by atoms with E-state index in [1.165, 1.54) is 9.35 Å². The first-order chi connectivity index (χ1) is 7.65. The maximum absolute atomic E-state index is 9.53. The van der Waals surface area contributed by atoms with E-state index in [2.05, 4.69) is 32.3 Å². The number of thiophene rings is 1. The van der Waals surface area contributed by atoms with Crippen molar-refractivity contribution in [1.29, 1.82) is 0 Å². The molecular weight excluding hydrogens is 286 g/mol. The first-order valence-electron chi connectivity index (χ1n) is 5.78. The van der Waals surface area contributed by atoms with Gasteiger partial charge >= 0.3 is 0 Å². The number of aliphatic hydroxyl groups excluding tert-OH is 1. The second kappa shape index (κ2) is 5.63. The second-order valence-electron chi connectivity index (χ2n) is 4.61. The van der Waals surface area contributed by atoms with Gasteiger partial charge in [-0.15, -0.1) is 11.3 Å². The van der Waals surface area contributed by atoms with Gasteiger partial charge in [0.15, 0.2) is 0 Å². The summed E-state index contributed by atoms with van der Waals surface area (Å²) in [6.07, 6.45) is 2.11. The van der Waals surface area contributed by atoms with Crippen LogP contribution in [0.1, 0.15) is 25.3 Å². The van der Waals surface area contributed by atoms with Crippen molar-refractivity contribution in [2.45, 2.75) is 32.4 Å². The van der Waals surface area contributed by atoms with Gasteiger partial charge in [-0.2, -0.15) is 0 Å². The number of nitrogens with zero attached hydrogens (tertiary/aromatic N) is 1. The summed E-state index contributed by atoms with van der Waals surface area (Å²) in [5.74, 6) is 0.505. The molecule has 1 aromatic rings. The third-order valence-corrected chi connectivity index (χ3v) is 4.90. The number of piperidine rings is 1. The third-order valence-electron chi connectivity index (χ3n) is 3.34. The van der Waals surface area contributed by atoms with Gasteiger partial charge in [0.25, 0.3) is 0 Å². The Bertz CT molecular complexity index is 332. The smallest absolute Gasteiger partial charge is 0.0701 e. The summed E-state index contributed by atoms with van der Waals surface area (Å²) in [4.78, 5) is 2.48. The second-order valence-corrected chi connectivity index (χ2v) is 6.90. The first kappa shape index (κ1) is 12.6. The molecule has 90 valence electrons. The summed E-state index contributed by atoms with van der Waals surface area (Å²) < 4.78 is 1.21. The normalized spacial score (nSPS) is 21.2. The molecule has 1 N–H and O–H groups in total. The fourth-order valence-electron chi connectivity index (χ4n) is 2.28. The minimum Gasteiger partial charge on any atom is -0.393 e. The van der Waals surface area contributed by atoms with Crippen LogP contribution in [-0.2, 0) is 6.54 Å². The largest absolute Gasteiger partial charge is 0.393 e. The fraction of sp³-hybridized carbons (Fsp3) is 0.667. The van der Waals surface area contributed by atoms with Crippen LogP contribution in [0.3, 0.4) is 0 Å². The van der Waals surface area contributed by atoms with Crippen molar-refractivity contribution in [2.24, 2.45) is 5.92 Å². The molecule has 16 heavy (non-hydrogen) atoms. The molecule has 2 nitrogen and oxygen atoms in total. The van der Waals surface area contributed by atoms with Crippen LogP contribution < -0.4 is 0 Å². The topological polar surface area (TPSA) is 23.5 Å². The SMILES string of the molecule is CC(O)C1CCN(Cc2csc(Br)c2)CC1. The van der Waals surface area contributed by atoms with E-state index in [4.69, 9.17) is 0 Å². The summed E-state index contributed by atoms with van der Waals surface area (Å²) in [5, 5.41) is 11.7. The Morgan fingerprint density at radius 2 is 2.25 bits per heavy atom. The average molecular weight is 304 g/mol. The van der Waals surface area contributed by atoms with Crippen LogP contribution in [0.15, 0.2) is 15.2 Å². The molecule has 0 aliphatic carbocycles. The Hall–Kier alpha value is 0.100. The zero-order valence-corrected chi connectivity index (χ0v) is 11.9. The van der Waals surface area contributed by atoms with Gasteiger partial charge < -0.3 is 5.11 Å². The van der Waals surface area contributed by atoms with E-state index < -0.39 is 0 Å². The van der Waals surface area contributed by atoms with Crippen LogP contribution in [0.2, 0.25) is 0 Å². The summed E-state index contributed by atoms with van der Waals surface area (Å²) in [6.45, 7) is 5.19. The van der Waals surface area contributed by atoms with E-state index in [1.807, 2.05) is 6.92 Å². The van der Waals surface area contributed by atoms with Crippen molar-refractivity contribution in [3.63, 3.8) is 0 Å². The van der Waals surface area contributed by atoms with E-state index in [0.29, 0.717) is 5.92 Å². The molecule has 1 fully saturated rings. The predicted molar refractivity (Wildman–Crippen MR) is 71.7 cm³/mol. The van der Waals surface area contributed by atoms with Crippen LogP contribution in [0.5, 0.6) is 0 Å². The lowest BCUT2D eigenvalue weighted by atomic mass is 9.92. The Balaban J connectivity index is 1.81. The van der Waals surface area contributed by atoms with Crippen LogP contribution >= 0.6 is 27.3 Å². The number of hydrogen-bond acceptors (Lipinski definition) is 3. The minimum absolute atomic E-state index is 0.141. The molecule has 0 spiro atoms. The highest BCUT2D eigenvalue weighted by Crippen LogP contribution is 2.25. The van der Waals surface area contributed by atoms with Gasteiger partial charge in [-0.05, 0) is 71.7 Å². The lowest BCUT2D eigenvalue weighted by molar-refractivity contribution is 0.0696. The van der Waals surface area contributed by atoms with Gasteiger partial charge in [0.2, 0.25) is 0 Å². The molecule has 0 aromatic carbocycles. The molecule has 4 heteroatoms. The van der Waals surface area contributed by atoms with Crippen LogP contribution in [-0.4, -0.2) is 29.2 Å². The van der Waals surface area contributed by atoms with Gasteiger partial charge in [0.1, 0.15) is 0 Å². The van der Waals surface area contributed by atoms with Crippen molar-refractivity contribution in [1.82, 2.24) is 4.90 Å². The highest BCUT2D eigenvalue weighted by atomic mass is 79.9. The van der Waals surface area contributed by atoms with Crippen molar-refractivity contribution < 1.29 is 5.11 Å². The predicted octanol–water partition coefficient (Wildman–Crippen LogP) is 3.10. The summed E-state index contributed by atoms with van der Waals surface area (Å²) in [7, 11) is 0. The number of likely N-dealkylation sites (tertiary alicyclic amines) is 1. The van der Waals surface area contributed by atoms with Crippen LogP contribution in [0.4, 0.5) is 0 Å². The molecule has 0 bridgehead atoms. The lowest BCUT2D eigenvalue weighted by Crippen LogP contribution is -2.36. The fourth-order valence-corrected chi connectivity index (χ4v) is 3.48. The van der Waals surface area contributed by atoms with E-state index in [-0.39, 0.29) is 6.10 Å². The maximum Gasteiger partial charge on any atom is 0.0701 e. The van der Waals surface area contributed by atoms with Gasteiger partial charge in [-0.1, -0.05) is 0 Å². The van der Waals surface area contributed by atoms with Gasteiger partial charge in [-0.25, -0.2) is 0 Å².